The van der Waals surface area contributed by atoms with E-state index in [0.29, 0.717) is 18.1 Å². The number of nitrogens with zero attached hydrogens (tertiary/aromatic N) is 3. The summed E-state index contributed by atoms with van der Waals surface area (Å²) >= 11 is 6.22. The van der Waals surface area contributed by atoms with E-state index in [1.807, 2.05) is 32.9 Å². The molecule has 1 atom stereocenters. The van der Waals surface area contributed by atoms with Crippen molar-refractivity contribution in [1.82, 2.24) is 14.8 Å². The van der Waals surface area contributed by atoms with Crippen molar-refractivity contribution < 1.29 is 9.53 Å². The predicted molar refractivity (Wildman–Crippen MR) is 87.0 cm³/mol. The van der Waals surface area contributed by atoms with Crippen molar-refractivity contribution >= 4 is 17.7 Å². The van der Waals surface area contributed by atoms with Gasteiger partial charge in [0.2, 0.25) is 0 Å². The molecule has 0 bridgehead atoms. The van der Waals surface area contributed by atoms with Crippen LogP contribution < -0.4 is 0 Å². The third kappa shape index (κ3) is 4.34. The highest BCUT2D eigenvalue weighted by Gasteiger charge is 2.28. The fourth-order valence-electron chi connectivity index (χ4n) is 2.50. The summed E-state index contributed by atoms with van der Waals surface area (Å²) in [6.45, 7) is 10.6. The summed E-state index contributed by atoms with van der Waals surface area (Å²) < 4.78 is 5.41. The molecule has 0 N–H and O–H groups in total. The van der Waals surface area contributed by atoms with Gasteiger partial charge in [0.1, 0.15) is 5.60 Å². The molecule has 1 saturated heterocycles. The third-order valence-corrected chi connectivity index (χ3v) is 4.02. The Hall–Kier alpha value is -1.33. The van der Waals surface area contributed by atoms with Gasteiger partial charge in [0.25, 0.3) is 0 Å². The van der Waals surface area contributed by atoms with Gasteiger partial charge in [-0.1, -0.05) is 11.6 Å². The number of pyridine rings is 1. The molecular formula is C16H24ClN3O2. The lowest BCUT2D eigenvalue weighted by molar-refractivity contribution is 0.0108. The molecule has 1 amide bonds. The minimum Gasteiger partial charge on any atom is -0.444 e. The van der Waals surface area contributed by atoms with Crippen LogP contribution in [0.4, 0.5) is 4.79 Å². The maximum absolute atomic E-state index is 12.1. The van der Waals surface area contributed by atoms with Gasteiger partial charge < -0.3 is 9.64 Å². The Kier molecular flexibility index (Phi) is 5.29. The molecule has 0 radical (unpaired) electrons. The highest BCUT2D eigenvalue weighted by molar-refractivity contribution is 6.31. The van der Waals surface area contributed by atoms with E-state index in [2.05, 4.69) is 16.8 Å². The smallest absolute Gasteiger partial charge is 0.410 e. The zero-order chi connectivity index (χ0) is 16.3. The molecular weight excluding hydrogens is 302 g/mol. The van der Waals surface area contributed by atoms with E-state index in [4.69, 9.17) is 16.3 Å². The predicted octanol–water partition coefficient (Wildman–Crippen LogP) is 3.35. The summed E-state index contributed by atoms with van der Waals surface area (Å²) in [5.41, 5.74) is 0.429. The number of carbonyl (C=O) groups is 1. The Morgan fingerprint density at radius 2 is 1.95 bits per heavy atom. The van der Waals surface area contributed by atoms with Gasteiger partial charge in [-0.15, -0.1) is 0 Å². The summed E-state index contributed by atoms with van der Waals surface area (Å²) in [5.74, 6) is 0. The van der Waals surface area contributed by atoms with E-state index in [1.54, 1.807) is 11.1 Å². The number of hydrogen-bond acceptors (Lipinski definition) is 4. The largest absolute Gasteiger partial charge is 0.444 e. The van der Waals surface area contributed by atoms with Gasteiger partial charge in [-0.25, -0.2) is 4.79 Å². The maximum atomic E-state index is 12.1. The van der Waals surface area contributed by atoms with Crippen LogP contribution >= 0.6 is 11.6 Å². The summed E-state index contributed by atoms with van der Waals surface area (Å²) in [5, 5.41) is 0.685. The average molecular weight is 326 g/mol. The highest BCUT2D eigenvalue weighted by Crippen LogP contribution is 2.26. The van der Waals surface area contributed by atoms with Crippen LogP contribution in [0.25, 0.3) is 0 Å². The Balaban J connectivity index is 1.92. The van der Waals surface area contributed by atoms with E-state index in [9.17, 15) is 4.79 Å². The fourth-order valence-corrected chi connectivity index (χ4v) is 2.78. The number of aromatic nitrogens is 1. The first-order valence-electron chi connectivity index (χ1n) is 7.60. The number of carbonyl (C=O) groups excluding carboxylic acids is 1. The van der Waals surface area contributed by atoms with E-state index >= 15 is 0 Å². The van der Waals surface area contributed by atoms with Crippen molar-refractivity contribution in [2.24, 2.45) is 0 Å². The second kappa shape index (κ2) is 6.84. The van der Waals surface area contributed by atoms with Crippen LogP contribution in [0.2, 0.25) is 5.02 Å². The Labute approximate surface area is 137 Å². The van der Waals surface area contributed by atoms with Gasteiger partial charge in [-0.3, -0.25) is 9.88 Å². The van der Waals surface area contributed by atoms with Crippen molar-refractivity contribution in [1.29, 1.82) is 0 Å². The molecule has 0 aliphatic carbocycles. The van der Waals surface area contributed by atoms with Gasteiger partial charge in [0, 0.05) is 32.4 Å². The van der Waals surface area contributed by atoms with Crippen molar-refractivity contribution in [2.45, 2.75) is 39.3 Å². The van der Waals surface area contributed by atoms with Crippen molar-refractivity contribution in [2.75, 3.05) is 26.2 Å². The first-order chi connectivity index (χ1) is 10.3. The standard InChI is InChI=1S/C16H24ClN3O2/c1-12(14-13(17)6-5-7-18-14)19-8-10-20(11-9-19)15(21)22-16(2,3)4/h5-7,12H,8-11H2,1-4H3/t12-/m0/s1. The molecule has 122 valence electrons. The fraction of sp³-hybridized carbons (Fsp3) is 0.625. The molecule has 1 fully saturated rings. The van der Waals surface area contributed by atoms with Gasteiger partial charge in [0.15, 0.2) is 0 Å². The molecule has 1 aromatic rings. The van der Waals surface area contributed by atoms with E-state index < -0.39 is 5.60 Å². The molecule has 22 heavy (non-hydrogen) atoms. The van der Waals surface area contributed by atoms with Crippen LogP contribution in [-0.4, -0.2) is 52.7 Å². The number of hydrogen-bond donors (Lipinski definition) is 0. The number of amides is 1. The molecule has 2 heterocycles. The molecule has 5 nitrogen and oxygen atoms in total. The van der Waals surface area contributed by atoms with Crippen molar-refractivity contribution in [3.8, 4) is 0 Å². The SMILES string of the molecule is C[C@@H](c1ncccc1Cl)N1CCN(C(=O)OC(C)(C)C)CC1. The number of rotatable bonds is 2. The average Bonchev–Trinajstić information content (AvgIpc) is 2.45. The number of piperazine rings is 1. The first kappa shape index (κ1) is 17.0. The number of halogens is 1. The zero-order valence-electron chi connectivity index (χ0n) is 13.7. The van der Waals surface area contributed by atoms with Crippen LogP contribution in [0.5, 0.6) is 0 Å². The quantitative estimate of drug-likeness (QED) is 0.836. The molecule has 6 heteroatoms. The monoisotopic (exact) mass is 325 g/mol. The van der Waals surface area contributed by atoms with Gasteiger partial charge in [-0.05, 0) is 39.8 Å². The molecule has 1 aliphatic heterocycles. The Morgan fingerprint density at radius 1 is 1.32 bits per heavy atom. The normalized spacial score (nSPS) is 18.1. The molecule has 1 aliphatic rings. The van der Waals surface area contributed by atoms with E-state index in [1.165, 1.54) is 0 Å². The Bertz CT molecular complexity index is 522. The topological polar surface area (TPSA) is 45.7 Å². The second-order valence-electron chi connectivity index (χ2n) is 6.55. The second-order valence-corrected chi connectivity index (χ2v) is 6.96. The molecule has 0 unspecified atom stereocenters. The van der Waals surface area contributed by atoms with Crippen LogP contribution in [-0.2, 0) is 4.74 Å². The Morgan fingerprint density at radius 3 is 2.50 bits per heavy atom. The highest BCUT2D eigenvalue weighted by atomic mass is 35.5. The first-order valence-corrected chi connectivity index (χ1v) is 7.98. The zero-order valence-corrected chi connectivity index (χ0v) is 14.4. The maximum Gasteiger partial charge on any atom is 0.410 e. The van der Waals surface area contributed by atoms with Crippen LogP contribution in [0.1, 0.15) is 39.4 Å². The van der Waals surface area contributed by atoms with E-state index in [0.717, 1.165) is 18.8 Å². The lowest BCUT2D eigenvalue weighted by Gasteiger charge is -2.38. The van der Waals surface area contributed by atoms with Gasteiger partial charge in [-0.2, -0.15) is 0 Å². The summed E-state index contributed by atoms with van der Waals surface area (Å²) in [6, 6.07) is 3.82. The van der Waals surface area contributed by atoms with Gasteiger partial charge >= 0.3 is 6.09 Å². The van der Waals surface area contributed by atoms with Crippen LogP contribution in [0.3, 0.4) is 0 Å². The molecule has 1 aromatic heterocycles. The molecule has 0 aromatic carbocycles. The van der Waals surface area contributed by atoms with E-state index in [-0.39, 0.29) is 12.1 Å². The molecule has 0 spiro atoms. The van der Waals surface area contributed by atoms with Crippen molar-refractivity contribution in [3.05, 3.63) is 29.0 Å². The summed E-state index contributed by atoms with van der Waals surface area (Å²) in [7, 11) is 0. The minimum absolute atomic E-state index is 0.134. The summed E-state index contributed by atoms with van der Waals surface area (Å²) in [4.78, 5) is 20.5. The lowest BCUT2D eigenvalue weighted by Crippen LogP contribution is -2.50. The molecule has 0 saturated carbocycles. The molecule has 2 rings (SSSR count). The summed E-state index contributed by atoms with van der Waals surface area (Å²) in [6.07, 6.45) is 1.52. The van der Waals surface area contributed by atoms with Crippen LogP contribution in [0.15, 0.2) is 18.3 Å². The van der Waals surface area contributed by atoms with Crippen molar-refractivity contribution in [3.63, 3.8) is 0 Å². The van der Waals surface area contributed by atoms with Gasteiger partial charge in [0.05, 0.1) is 16.8 Å². The number of ether oxygens (including phenoxy) is 1. The minimum atomic E-state index is -0.455. The third-order valence-electron chi connectivity index (χ3n) is 3.70. The van der Waals surface area contributed by atoms with Crippen LogP contribution in [0, 0.1) is 0 Å². The lowest BCUT2D eigenvalue weighted by atomic mass is 10.1.